The molecule has 0 spiro atoms. The monoisotopic (exact) mass is 399 g/mol. The highest BCUT2D eigenvalue weighted by molar-refractivity contribution is 5.94. The van der Waals surface area contributed by atoms with Crippen LogP contribution in [0.2, 0.25) is 0 Å². The lowest BCUT2D eigenvalue weighted by Gasteiger charge is -2.29. The molecule has 1 N–H and O–H groups in total. The molecule has 0 bridgehead atoms. The Hall–Kier alpha value is -2.45. The first-order valence-electron chi connectivity index (χ1n) is 10.4. The van der Waals surface area contributed by atoms with E-state index in [1.807, 2.05) is 32.9 Å². The zero-order chi connectivity index (χ0) is 20.4. The van der Waals surface area contributed by atoms with E-state index >= 15 is 0 Å². The number of nitrogens with one attached hydrogen (secondary N) is 1. The van der Waals surface area contributed by atoms with Crippen molar-refractivity contribution in [3.63, 3.8) is 0 Å². The van der Waals surface area contributed by atoms with Gasteiger partial charge in [0.1, 0.15) is 11.5 Å². The number of ether oxygens (including phenoxy) is 2. The van der Waals surface area contributed by atoms with Gasteiger partial charge in [-0.15, -0.1) is 0 Å². The third kappa shape index (κ3) is 4.00. The fraction of sp³-hybridized carbons (Fsp3) is 0.571. The maximum absolute atomic E-state index is 13.2. The molecule has 0 aromatic carbocycles. The number of anilines is 1. The normalized spacial score (nSPS) is 21.7. The summed E-state index contributed by atoms with van der Waals surface area (Å²) in [5.74, 6) is 0.816. The number of pyridine rings is 1. The lowest BCUT2D eigenvalue weighted by Crippen LogP contribution is -2.38. The van der Waals surface area contributed by atoms with Crippen LogP contribution in [0.1, 0.15) is 54.2 Å². The molecule has 2 atom stereocenters. The minimum absolute atomic E-state index is 0.0739. The van der Waals surface area contributed by atoms with E-state index in [1.165, 1.54) is 0 Å². The van der Waals surface area contributed by atoms with Gasteiger partial charge in [-0.3, -0.25) is 9.48 Å². The van der Waals surface area contributed by atoms with Crippen LogP contribution >= 0.6 is 0 Å². The molecule has 8 nitrogen and oxygen atoms in total. The topological polar surface area (TPSA) is 81.5 Å². The van der Waals surface area contributed by atoms with Crippen molar-refractivity contribution in [1.29, 1.82) is 0 Å². The smallest absolute Gasteiger partial charge is 0.270 e. The molecule has 2 aromatic heterocycles. The Morgan fingerprint density at radius 1 is 1.31 bits per heavy atom. The number of hydrogen-bond donors (Lipinski definition) is 1. The molecule has 0 unspecified atom stereocenters. The zero-order valence-electron chi connectivity index (χ0n) is 17.4. The van der Waals surface area contributed by atoms with Gasteiger partial charge in [0.15, 0.2) is 0 Å². The van der Waals surface area contributed by atoms with Crippen molar-refractivity contribution in [2.75, 3.05) is 31.2 Å². The van der Waals surface area contributed by atoms with Gasteiger partial charge in [-0.2, -0.15) is 5.10 Å². The van der Waals surface area contributed by atoms with E-state index in [1.54, 1.807) is 10.9 Å². The van der Waals surface area contributed by atoms with Gasteiger partial charge in [-0.25, -0.2) is 4.98 Å². The van der Waals surface area contributed by atoms with Gasteiger partial charge in [0.25, 0.3) is 5.91 Å². The molecule has 0 radical (unpaired) electrons. The number of hydrogen-bond acceptors (Lipinski definition) is 6. The van der Waals surface area contributed by atoms with E-state index in [4.69, 9.17) is 9.47 Å². The van der Waals surface area contributed by atoms with Crippen molar-refractivity contribution in [2.45, 2.75) is 52.5 Å². The Bertz CT molecular complexity index is 875. The average Bonchev–Trinajstić information content (AvgIpc) is 3.12. The molecule has 1 fully saturated rings. The van der Waals surface area contributed by atoms with E-state index in [9.17, 15) is 4.79 Å². The minimum Gasteiger partial charge on any atom is -0.378 e. The number of nitrogens with zero attached hydrogens (tertiary/aromatic N) is 4. The second-order valence-electron chi connectivity index (χ2n) is 7.59. The molecule has 0 aliphatic carbocycles. The Morgan fingerprint density at radius 2 is 2.10 bits per heavy atom. The summed E-state index contributed by atoms with van der Waals surface area (Å²) in [7, 11) is 0. The lowest BCUT2D eigenvalue weighted by atomic mass is 9.99. The van der Waals surface area contributed by atoms with Gasteiger partial charge in [-0.1, -0.05) is 6.07 Å². The van der Waals surface area contributed by atoms with Crippen LogP contribution in [-0.4, -0.2) is 53.1 Å². The van der Waals surface area contributed by atoms with Gasteiger partial charge in [0.05, 0.1) is 31.1 Å². The van der Waals surface area contributed by atoms with Crippen LogP contribution in [0.5, 0.6) is 0 Å². The average molecular weight is 399 g/mol. The van der Waals surface area contributed by atoms with E-state index in [2.05, 4.69) is 20.3 Å². The molecule has 2 aliphatic heterocycles. The Kier molecular flexibility index (Phi) is 5.82. The highest BCUT2D eigenvalue weighted by Gasteiger charge is 2.31. The standard InChI is InChI=1S/C21H29N5O3/c1-4-26-19(17-12-14(2)29-15(3)18(17)24-26)21(27)23-13-16-6-5-7-22-20(16)25-8-10-28-11-9-25/h5-7,14-15H,4,8-13H2,1-3H3,(H,23,27)/t14-,15+/m0/s1. The number of morpholine rings is 1. The van der Waals surface area contributed by atoms with Crippen LogP contribution in [0, 0.1) is 0 Å². The third-order valence-corrected chi connectivity index (χ3v) is 5.53. The third-order valence-electron chi connectivity index (χ3n) is 5.53. The molecule has 4 heterocycles. The molecular formula is C21H29N5O3. The maximum Gasteiger partial charge on any atom is 0.270 e. The molecule has 1 saturated heterocycles. The SMILES string of the molecule is CCn1nc2c(c1C(=O)NCc1cccnc1N1CCOCC1)C[C@H](C)O[C@@H]2C. The van der Waals surface area contributed by atoms with Crippen molar-refractivity contribution < 1.29 is 14.3 Å². The second kappa shape index (κ2) is 8.51. The molecule has 2 aromatic rings. The number of rotatable bonds is 5. The molecular weight excluding hydrogens is 370 g/mol. The number of amides is 1. The van der Waals surface area contributed by atoms with Crippen molar-refractivity contribution in [1.82, 2.24) is 20.1 Å². The number of carbonyl (C=O) groups is 1. The first kappa shape index (κ1) is 19.8. The van der Waals surface area contributed by atoms with Gasteiger partial charge >= 0.3 is 0 Å². The van der Waals surface area contributed by atoms with Gasteiger partial charge in [-0.05, 0) is 26.8 Å². The summed E-state index contributed by atoms with van der Waals surface area (Å²) < 4.78 is 13.1. The first-order chi connectivity index (χ1) is 14.1. The molecule has 156 valence electrons. The van der Waals surface area contributed by atoms with Crippen LogP contribution < -0.4 is 10.2 Å². The largest absolute Gasteiger partial charge is 0.378 e. The number of aryl methyl sites for hydroxylation is 1. The van der Waals surface area contributed by atoms with Gasteiger partial charge < -0.3 is 19.7 Å². The molecule has 1 amide bonds. The quantitative estimate of drug-likeness (QED) is 0.829. The summed E-state index contributed by atoms with van der Waals surface area (Å²) in [6, 6.07) is 3.92. The summed E-state index contributed by atoms with van der Waals surface area (Å²) in [6.07, 6.45) is 2.47. The first-order valence-corrected chi connectivity index (χ1v) is 10.4. The van der Waals surface area contributed by atoms with Crippen LogP contribution in [0.25, 0.3) is 0 Å². The summed E-state index contributed by atoms with van der Waals surface area (Å²) in [6.45, 7) is 10.1. The Labute approximate surface area is 171 Å². The molecule has 29 heavy (non-hydrogen) atoms. The van der Waals surface area contributed by atoms with Gasteiger partial charge in [0, 0.05) is 49.9 Å². The predicted octanol–water partition coefficient (Wildman–Crippen LogP) is 2.09. The Morgan fingerprint density at radius 3 is 2.86 bits per heavy atom. The fourth-order valence-corrected chi connectivity index (χ4v) is 4.16. The maximum atomic E-state index is 13.2. The molecule has 4 rings (SSSR count). The van der Waals surface area contributed by atoms with E-state index in [0.717, 1.165) is 35.7 Å². The number of aromatic nitrogens is 3. The highest BCUT2D eigenvalue weighted by Crippen LogP contribution is 2.31. The highest BCUT2D eigenvalue weighted by atomic mass is 16.5. The van der Waals surface area contributed by atoms with Crippen molar-refractivity contribution >= 4 is 11.7 Å². The molecule has 8 heteroatoms. The number of carbonyl (C=O) groups excluding carboxylic acids is 1. The van der Waals surface area contributed by atoms with Gasteiger partial charge in [0.2, 0.25) is 0 Å². The van der Waals surface area contributed by atoms with Crippen LogP contribution in [0.15, 0.2) is 18.3 Å². The summed E-state index contributed by atoms with van der Waals surface area (Å²) >= 11 is 0. The summed E-state index contributed by atoms with van der Waals surface area (Å²) in [4.78, 5) is 19.9. The molecule has 2 aliphatic rings. The Balaban J connectivity index is 1.54. The van der Waals surface area contributed by atoms with E-state index in [-0.39, 0.29) is 18.1 Å². The number of fused-ring (bicyclic) bond motifs is 1. The van der Waals surface area contributed by atoms with Crippen molar-refractivity contribution in [3.8, 4) is 0 Å². The molecule has 0 saturated carbocycles. The summed E-state index contributed by atoms with van der Waals surface area (Å²) in [5, 5.41) is 7.74. The van der Waals surface area contributed by atoms with Crippen LogP contribution in [-0.2, 0) is 29.0 Å². The second-order valence-corrected chi connectivity index (χ2v) is 7.59. The fourth-order valence-electron chi connectivity index (χ4n) is 4.16. The zero-order valence-corrected chi connectivity index (χ0v) is 17.4. The predicted molar refractivity (Wildman–Crippen MR) is 109 cm³/mol. The van der Waals surface area contributed by atoms with E-state index in [0.29, 0.717) is 38.4 Å². The van der Waals surface area contributed by atoms with Crippen LogP contribution in [0.4, 0.5) is 5.82 Å². The van der Waals surface area contributed by atoms with Crippen LogP contribution in [0.3, 0.4) is 0 Å². The minimum atomic E-state index is -0.0984. The lowest BCUT2D eigenvalue weighted by molar-refractivity contribution is -0.00712. The van der Waals surface area contributed by atoms with Crippen molar-refractivity contribution in [2.24, 2.45) is 0 Å². The van der Waals surface area contributed by atoms with Crippen molar-refractivity contribution in [3.05, 3.63) is 40.8 Å². The van der Waals surface area contributed by atoms with E-state index < -0.39 is 0 Å². The summed E-state index contributed by atoms with van der Waals surface area (Å²) in [5.41, 5.74) is 3.55.